The van der Waals surface area contributed by atoms with Crippen LogP contribution in [0.15, 0.2) is 0 Å². The molecule has 0 aromatic rings. The van der Waals surface area contributed by atoms with Crippen molar-refractivity contribution in [1.29, 1.82) is 0 Å². The van der Waals surface area contributed by atoms with E-state index in [0.717, 1.165) is 32.1 Å². The molecule has 0 aromatic heterocycles. The lowest BCUT2D eigenvalue weighted by Gasteiger charge is -2.48. The molecule has 0 bridgehead atoms. The number of hydrogen-bond donors (Lipinski definition) is 1. The third-order valence-electron chi connectivity index (χ3n) is 4.77. The van der Waals surface area contributed by atoms with Crippen LogP contribution in [0.4, 0.5) is 0 Å². The van der Waals surface area contributed by atoms with Gasteiger partial charge in [0.15, 0.2) is 0 Å². The second-order valence-electron chi connectivity index (χ2n) is 6.42. The molecule has 1 aliphatic heterocycles. The van der Waals surface area contributed by atoms with Crippen LogP contribution in [0.3, 0.4) is 0 Å². The molecule has 1 spiro atoms. The lowest BCUT2D eigenvalue weighted by atomic mass is 9.85. The van der Waals surface area contributed by atoms with E-state index in [2.05, 4.69) is 19.2 Å². The maximum Gasteiger partial charge on any atom is 0.249 e. The highest BCUT2D eigenvalue weighted by atomic mass is 16.2. The third-order valence-corrected chi connectivity index (χ3v) is 4.77. The molecule has 2 aliphatic rings. The average Bonchev–Trinajstić information content (AvgIpc) is 2.81. The van der Waals surface area contributed by atoms with E-state index in [1.165, 1.54) is 0 Å². The summed E-state index contributed by atoms with van der Waals surface area (Å²) in [5, 5.41) is 3.06. The molecule has 2 atom stereocenters. The summed E-state index contributed by atoms with van der Waals surface area (Å²) in [6, 6.07) is -0.223. The summed E-state index contributed by atoms with van der Waals surface area (Å²) in [7, 11) is 0. The summed E-state index contributed by atoms with van der Waals surface area (Å²) in [6.45, 7) is 8.14. The van der Waals surface area contributed by atoms with Crippen LogP contribution in [0.1, 0.15) is 59.8 Å². The van der Waals surface area contributed by atoms with E-state index in [4.69, 9.17) is 0 Å². The first kappa shape index (κ1) is 14.4. The van der Waals surface area contributed by atoms with Crippen molar-refractivity contribution in [1.82, 2.24) is 10.2 Å². The first-order valence-corrected chi connectivity index (χ1v) is 7.57. The van der Waals surface area contributed by atoms with Gasteiger partial charge in [-0.05, 0) is 32.6 Å². The minimum absolute atomic E-state index is 0.0459. The summed E-state index contributed by atoms with van der Waals surface area (Å²) < 4.78 is 0. The minimum atomic E-state index is -0.592. The molecule has 1 aliphatic carbocycles. The molecule has 2 fully saturated rings. The van der Waals surface area contributed by atoms with Gasteiger partial charge in [0.2, 0.25) is 11.8 Å². The topological polar surface area (TPSA) is 49.4 Å². The van der Waals surface area contributed by atoms with E-state index in [1.807, 2.05) is 18.7 Å². The normalized spacial score (nSPS) is 28.1. The third kappa shape index (κ3) is 2.26. The summed E-state index contributed by atoms with van der Waals surface area (Å²) in [5.41, 5.74) is -0.592. The SMILES string of the molecule is CCC(C)C1C(=O)NC2(CCCC2)C(=O)N1C(C)C. The van der Waals surface area contributed by atoms with E-state index < -0.39 is 5.54 Å². The second kappa shape index (κ2) is 5.14. The Kier molecular flexibility index (Phi) is 3.88. The van der Waals surface area contributed by atoms with E-state index >= 15 is 0 Å². The Labute approximate surface area is 115 Å². The van der Waals surface area contributed by atoms with Gasteiger partial charge < -0.3 is 10.2 Å². The van der Waals surface area contributed by atoms with Crippen molar-refractivity contribution < 1.29 is 9.59 Å². The highest BCUT2D eigenvalue weighted by Gasteiger charge is 2.53. The summed E-state index contributed by atoms with van der Waals surface area (Å²) >= 11 is 0. The Balaban J connectivity index is 2.34. The van der Waals surface area contributed by atoms with Crippen LogP contribution in [-0.2, 0) is 9.59 Å². The molecular weight excluding hydrogens is 240 g/mol. The number of carbonyl (C=O) groups excluding carboxylic acids is 2. The Bertz CT molecular complexity index is 372. The molecule has 4 heteroatoms. The van der Waals surface area contributed by atoms with Gasteiger partial charge in [-0.2, -0.15) is 0 Å². The van der Waals surface area contributed by atoms with E-state index in [0.29, 0.717) is 0 Å². The van der Waals surface area contributed by atoms with Crippen molar-refractivity contribution in [3.8, 4) is 0 Å². The maximum absolute atomic E-state index is 12.9. The molecule has 4 nitrogen and oxygen atoms in total. The fourth-order valence-electron chi connectivity index (χ4n) is 3.49. The van der Waals surface area contributed by atoms with Gasteiger partial charge >= 0.3 is 0 Å². The van der Waals surface area contributed by atoms with Crippen molar-refractivity contribution in [2.24, 2.45) is 5.92 Å². The van der Waals surface area contributed by atoms with E-state index in [1.54, 1.807) is 0 Å². The number of amides is 2. The smallest absolute Gasteiger partial charge is 0.249 e. The molecular formula is C15H26N2O2. The first-order valence-electron chi connectivity index (χ1n) is 7.57. The van der Waals surface area contributed by atoms with Crippen molar-refractivity contribution in [2.45, 2.75) is 77.4 Å². The fourth-order valence-corrected chi connectivity index (χ4v) is 3.49. The van der Waals surface area contributed by atoms with Crippen LogP contribution in [0.5, 0.6) is 0 Å². The molecule has 2 unspecified atom stereocenters. The number of nitrogens with zero attached hydrogens (tertiary/aromatic N) is 1. The molecule has 108 valence electrons. The predicted molar refractivity (Wildman–Crippen MR) is 74.6 cm³/mol. The Morgan fingerprint density at radius 2 is 1.84 bits per heavy atom. The van der Waals surface area contributed by atoms with Gasteiger partial charge in [0.1, 0.15) is 11.6 Å². The molecule has 1 saturated carbocycles. The highest BCUT2D eigenvalue weighted by molar-refractivity contribution is 6.00. The molecule has 0 radical (unpaired) electrons. The predicted octanol–water partition coefficient (Wildman–Crippen LogP) is 2.08. The zero-order valence-electron chi connectivity index (χ0n) is 12.5. The lowest BCUT2D eigenvalue weighted by Crippen LogP contribution is -2.71. The molecule has 2 rings (SSSR count). The monoisotopic (exact) mass is 266 g/mol. The van der Waals surface area contributed by atoms with Gasteiger partial charge in [0.05, 0.1) is 0 Å². The zero-order valence-corrected chi connectivity index (χ0v) is 12.5. The Morgan fingerprint density at radius 1 is 1.26 bits per heavy atom. The number of rotatable bonds is 3. The second-order valence-corrected chi connectivity index (χ2v) is 6.42. The minimum Gasteiger partial charge on any atom is -0.340 e. The Morgan fingerprint density at radius 3 is 2.32 bits per heavy atom. The molecule has 1 heterocycles. The van der Waals surface area contributed by atoms with Crippen molar-refractivity contribution >= 4 is 11.8 Å². The van der Waals surface area contributed by atoms with Crippen LogP contribution >= 0.6 is 0 Å². The van der Waals surface area contributed by atoms with Crippen LogP contribution in [-0.4, -0.2) is 34.3 Å². The quantitative estimate of drug-likeness (QED) is 0.850. The number of carbonyl (C=O) groups is 2. The van der Waals surface area contributed by atoms with Crippen molar-refractivity contribution in [3.63, 3.8) is 0 Å². The molecule has 0 aromatic carbocycles. The molecule has 1 N–H and O–H groups in total. The summed E-state index contributed by atoms with van der Waals surface area (Å²) in [6.07, 6.45) is 4.57. The molecule has 1 saturated heterocycles. The fraction of sp³-hybridized carbons (Fsp3) is 0.867. The van der Waals surface area contributed by atoms with Crippen molar-refractivity contribution in [2.75, 3.05) is 0 Å². The summed E-state index contributed by atoms with van der Waals surface area (Å²) in [5.74, 6) is 0.388. The van der Waals surface area contributed by atoms with Crippen LogP contribution in [0.25, 0.3) is 0 Å². The first-order chi connectivity index (χ1) is 8.93. The van der Waals surface area contributed by atoms with Gasteiger partial charge in [-0.15, -0.1) is 0 Å². The van der Waals surface area contributed by atoms with E-state index in [-0.39, 0.29) is 29.8 Å². The van der Waals surface area contributed by atoms with Gasteiger partial charge in [-0.3, -0.25) is 9.59 Å². The lowest BCUT2D eigenvalue weighted by molar-refractivity contribution is -0.159. The summed E-state index contributed by atoms with van der Waals surface area (Å²) in [4.78, 5) is 27.2. The van der Waals surface area contributed by atoms with Gasteiger partial charge in [0, 0.05) is 6.04 Å². The standard InChI is InChI=1S/C15H26N2O2/c1-5-11(4)12-13(18)16-15(8-6-7-9-15)14(19)17(12)10(2)3/h10-12H,5-9H2,1-4H3,(H,16,18). The highest BCUT2D eigenvalue weighted by Crippen LogP contribution is 2.36. The molecule has 2 amide bonds. The van der Waals surface area contributed by atoms with Crippen LogP contribution in [0.2, 0.25) is 0 Å². The number of hydrogen-bond acceptors (Lipinski definition) is 2. The van der Waals surface area contributed by atoms with Crippen LogP contribution < -0.4 is 5.32 Å². The van der Waals surface area contributed by atoms with Gasteiger partial charge in [0.25, 0.3) is 0 Å². The zero-order chi connectivity index (χ0) is 14.2. The maximum atomic E-state index is 12.9. The molecule has 19 heavy (non-hydrogen) atoms. The average molecular weight is 266 g/mol. The van der Waals surface area contributed by atoms with Gasteiger partial charge in [-0.25, -0.2) is 0 Å². The van der Waals surface area contributed by atoms with Crippen molar-refractivity contribution in [3.05, 3.63) is 0 Å². The van der Waals surface area contributed by atoms with E-state index in [9.17, 15) is 9.59 Å². The van der Waals surface area contributed by atoms with Gasteiger partial charge in [-0.1, -0.05) is 33.1 Å². The van der Waals surface area contributed by atoms with Crippen LogP contribution in [0, 0.1) is 5.92 Å². The largest absolute Gasteiger partial charge is 0.340 e. The number of nitrogens with one attached hydrogen (secondary N) is 1. The number of piperazine rings is 1. The Hall–Kier alpha value is -1.06.